The maximum absolute atomic E-state index is 12.7. The average molecular weight is 297 g/mol. The highest BCUT2D eigenvalue weighted by Gasteiger charge is 2.53. The van der Waals surface area contributed by atoms with Crippen LogP contribution >= 0.6 is 11.3 Å². The maximum atomic E-state index is 12.7. The Hall–Kier alpha value is -0.390. The second-order valence-electron chi connectivity index (χ2n) is 6.37. The molecule has 0 N–H and O–H groups in total. The molecule has 2 heterocycles. The summed E-state index contributed by atoms with van der Waals surface area (Å²) < 4.78 is 27.8. The third-order valence-corrected chi connectivity index (χ3v) is 8.99. The van der Waals surface area contributed by atoms with Gasteiger partial charge in [-0.3, -0.25) is 0 Å². The van der Waals surface area contributed by atoms with Crippen LogP contribution in [0.3, 0.4) is 0 Å². The fourth-order valence-corrected chi connectivity index (χ4v) is 7.65. The van der Waals surface area contributed by atoms with Crippen molar-refractivity contribution in [3.05, 3.63) is 17.0 Å². The van der Waals surface area contributed by atoms with Gasteiger partial charge in [-0.1, -0.05) is 0 Å². The molecule has 19 heavy (non-hydrogen) atoms. The molecular weight excluding hydrogens is 278 g/mol. The van der Waals surface area contributed by atoms with Gasteiger partial charge in [0.25, 0.3) is 10.0 Å². The van der Waals surface area contributed by atoms with E-state index in [-0.39, 0.29) is 0 Å². The molecule has 104 valence electrons. The van der Waals surface area contributed by atoms with Gasteiger partial charge in [0.05, 0.1) is 0 Å². The minimum atomic E-state index is -3.24. The predicted octanol–water partition coefficient (Wildman–Crippen LogP) is 2.72. The van der Waals surface area contributed by atoms with Crippen LogP contribution < -0.4 is 0 Å². The van der Waals surface area contributed by atoms with Crippen LogP contribution in [0.2, 0.25) is 0 Å². The lowest BCUT2D eigenvalue weighted by atomic mass is 9.82. The van der Waals surface area contributed by atoms with Gasteiger partial charge in [0.15, 0.2) is 0 Å². The molecule has 4 atom stereocenters. The first-order valence-corrected chi connectivity index (χ1v) is 9.43. The van der Waals surface area contributed by atoms with E-state index in [1.54, 1.807) is 4.31 Å². The Kier molecular flexibility index (Phi) is 2.64. The Morgan fingerprint density at radius 2 is 1.84 bits per heavy atom. The molecule has 0 amide bonds. The van der Waals surface area contributed by atoms with E-state index in [1.807, 2.05) is 18.4 Å². The van der Waals surface area contributed by atoms with E-state index in [2.05, 4.69) is 0 Å². The Morgan fingerprint density at radius 3 is 2.37 bits per heavy atom. The van der Waals surface area contributed by atoms with Crippen LogP contribution in [0, 0.1) is 30.6 Å². The van der Waals surface area contributed by atoms with Gasteiger partial charge < -0.3 is 0 Å². The number of hydrogen-bond donors (Lipinski definition) is 0. The Balaban J connectivity index is 1.64. The third kappa shape index (κ3) is 1.68. The van der Waals surface area contributed by atoms with Gasteiger partial charge in [-0.05, 0) is 66.9 Å². The molecule has 1 aromatic heterocycles. The smallest absolute Gasteiger partial charge is 0.206 e. The van der Waals surface area contributed by atoms with E-state index < -0.39 is 10.0 Å². The zero-order valence-corrected chi connectivity index (χ0v) is 12.7. The molecule has 4 rings (SSSR count). The van der Waals surface area contributed by atoms with E-state index in [4.69, 9.17) is 0 Å². The SMILES string of the molecule is Cc1ccsc1S(=O)(=O)N1C[C@@H]2[C@@H]3CC[C@@H](C3)[C@@H]2C1. The van der Waals surface area contributed by atoms with Crippen LogP contribution in [0.5, 0.6) is 0 Å². The van der Waals surface area contributed by atoms with Crippen molar-refractivity contribution in [3.8, 4) is 0 Å². The summed E-state index contributed by atoms with van der Waals surface area (Å²) in [5, 5.41) is 1.88. The molecule has 0 spiro atoms. The monoisotopic (exact) mass is 297 g/mol. The quantitative estimate of drug-likeness (QED) is 0.841. The summed E-state index contributed by atoms with van der Waals surface area (Å²) in [6.45, 7) is 3.43. The van der Waals surface area contributed by atoms with Gasteiger partial charge in [0.2, 0.25) is 0 Å². The largest absolute Gasteiger partial charge is 0.252 e. The second-order valence-corrected chi connectivity index (χ2v) is 9.42. The Morgan fingerprint density at radius 1 is 1.21 bits per heavy atom. The van der Waals surface area contributed by atoms with Crippen molar-refractivity contribution >= 4 is 21.4 Å². The molecule has 0 radical (unpaired) electrons. The number of sulfonamides is 1. The predicted molar refractivity (Wildman–Crippen MR) is 75.6 cm³/mol. The fourth-order valence-electron chi connectivity index (χ4n) is 4.58. The molecule has 1 aliphatic heterocycles. The van der Waals surface area contributed by atoms with Crippen molar-refractivity contribution in [1.82, 2.24) is 4.31 Å². The summed E-state index contributed by atoms with van der Waals surface area (Å²) in [7, 11) is -3.24. The summed E-state index contributed by atoms with van der Waals surface area (Å²) in [6, 6.07) is 1.90. The van der Waals surface area contributed by atoms with Crippen molar-refractivity contribution in [2.24, 2.45) is 23.7 Å². The molecular formula is C14H19NO2S2. The molecule has 2 aliphatic carbocycles. The number of fused-ring (bicyclic) bond motifs is 5. The van der Waals surface area contributed by atoms with Crippen LogP contribution in [0.4, 0.5) is 0 Å². The van der Waals surface area contributed by atoms with E-state index in [9.17, 15) is 8.42 Å². The standard InChI is InChI=1S/C14H19NO2S2/c1-9-4-5-18-14(9)19(16,17)15-7-12-10-2-3-11(6-10)13(12)8-15/h4-5,10-13H,2-3,6-8H2,1H3/t10-,11+,12-,13+. The van der Waals surface area contributed by atoms with Gasteiger partial charge in [0.1, 0.15) is 4.21 Å². The van der Waals surface area contributed by atoms with Crippen LogP contribution in [0.25, 0.3) is 0 Å². The molecule has 3 aliphatic rings. The molecule has 2 saturated carbocycles. The van der Waals surface area contributed by atoms with Gasteiger partial charge in [-0.2, -0.15) is 4.31 Å². The highest BCUT2D eigenvalue weighted by Crippen LogP contribution is 2.55. The first-order valence-electron chi connectivity index (χ1n) is 7.11. The summed E-state index contributed by atoms with van der Waals surface area (Å²) >= 11 is 1.36. The summed E-state index contributed by atoms with van der Waals surface area (Å²) in [4.78, 5) is 0. The lowest BCUT2D eigenvalue weighted by Gasteiger charge is -2.22. The highest BCUT2D eigenvalue weighted by atomic mass is 32.2. The molecule has 1 saturated heterocycles. The van der Waals surface area contributed by atoms with Crippen LogP contribution in [0.1, 0.15) is 24.8 Å². The van der Waals surface area contributed by atoms with E-state index in [1.165, 1.54) is 30.6 Å². The van der Waals surface area contributed by atoms with Crippen LogP contribution in [0.15, 0.2) is 15.7 Å². The third-order valence-electron chi connectivity index (χ3n) is 5.49. The summed E-state index contributed by atoms with van der Waals surface area (Å²) in [6.07, 6.45) is 4.02. The number of nitrogens with zero attached hydrogens (tertiary/aromatic N) is 1. The minimum Gasteiger partial charge on any atom is -0.206 e. The second kappa shape index (κ2) is 4.06. The van der Waals surface area contributed by atoms with Crippen molar-refractivity contribution in [2.75, 3.05) is 13.1 Å². The summed E-state index contributed by atoms with van der Waals surface area (Å²) in [5.41, 5.74) is 0.894. The van der Waals surface area contributed by atoms with Gasteiger partial charge in [-0.15, -0.1) is 11.3 Å². The average Bonchev–Trinajstić information content (AvgIpc) is 3.10. The summed E-state index contributed by atoms with van der Waals surface area (Å²) in [5.74, 6) is 2.90. The first kappa shape index (κ1) is 12.4. The maximum Gasteiger partial charge on any atom is 0.252 e. The van der Waals surface area contributed by atoms with Crippen molar-refractivity contribution in [2.45, 2.75) is 30.4 Å². The highest BCUT2D eigenvalue weighted by molar-refractivity contribution is 7.91. The molecule has 2 bridgehead atoms. The van der Waals surface area contributed by atoms with Gasteiger partial charge in [-0.25, -0.2) is 8.42 Å². The number of aryl methyl sites for hydroxylation is 1. The van der Waals surface area contributed by atoms with Gasteiger partial charge >= 0.3 is 0 Å². The minimum absolute atomic E-state index is 0.555. The Bertz CT molecular complexity index is 589. The number of thiophene rings is 1. The lowest BCUT2D eigenvalue weighted by Crippen LogP contribution is -2.30. The number of rotatable bonds is 2. The first-order chi connectivity index (χ1) is 9.07. The molecule has 3 nitrogen and oxygen atoms in total. The number of hydrogen-bond acceptors (Lipinski definition) is 3. The van der Waals surface area contributed by atoms with E-state index in [0.717, 1.165) is 30.5 Å². The van der Waals surface area contributed by atoms with Gasteiger partial charge in [0, 0.05) is 13.1 Å². The van der Waals surface area contributed by atoms with Crippen LogP contribution in [-0.2, 0) is 10.0 Å². The molecule has 3 fully saturated rings. The molecule has 0 unspecified atom stereocenters. The zero-order chi connectivity index (χ0) is 13.2. The molecule has 1 aromatic rings. The molecule has 5 heteroatoms. The fraction of sp³-hybridized carbons (Fsp3) is 0.714. The molecule has 0 aromatic carbocycles. The van der Waals surface area contributed by atoms with Crippen molar-refractivity contribution in [1.29, 1.82) is 0 Å². The topological polar surface area (TPSA) is 37.4 Å². The van der Waals surface area contributed by atoms with Crippen molar-refractivity contribution in [3.63, 3.8) is 0 Å². The van der Waals surface area contributed by atoms with Crippen LogP contribution in [-0.4, -0.2) is 25.8 Å². The lowest BCUT2D eigenvalue weighted by molar-refractivity contribution is 0.281. The zero-order valence-electron chi connectivity index (χ0n) is 11.1. The Labute approximate surface area is 118 Å². The van der Waals surface area contributed by atoms with Crippen molar-refractivity contribution < 1.29 is 8.42 Å². The normalized spacial score (nSPS) is 37.9. The van der Waals surface area contributed by atoms with E-state index in [0.29, 0.717) is 16.0 Å². The van der Waals surface area contributed by atoms with E-state index >= 15 is 0 Å².